The van der Waals surface area contributed by atoms with E-state index in [2.05, 4.69) is 20.4 Å². The highest BCUT2D eigenvalue weighted by Crippen LogP contribution is 2.47. The molecule has 1 N–H and O–H groups in total. The van der Waals surface area contributed by atoms with Gasteiger partial charge in [-0.15, -0.1) is 0 Å². The number of nitrogens with one attached hydrogen (secondary N) is 1. The van der Waals surface area contributed by atoms with Crippen LogP contribution in [0.3, 0.4) is 0 Å². The molecule has 2 aromatic heterocycles. The second kappa shape index (κ2) is 9.07. The molecule has 0 bridgehead atoms. The van der Waals surface area contributed by atoms with Crippen LogP contribution in [0.4, 0.5) is 21.6 Å². The molecule has 2 aliphatic rings. The molecule has 5 rings (SSSR count). The van der Waals surface area contributed by atoms with Gasteiger partial charge in [0.25, 0.3) is 5.56 Å². The Labute approximate surface area is 195 Å². The fraction of sp³-hybridized carbons (Fsp3) is 0.391. The van der Waals surface area contributed by atoms with E-state index in [9.17, 15) is 9.18 Å². The molecule has 3 atom stereocenters. The van der Waals surface area contributed by atoms with Gasteiger partial charge in [-0.3, -0.25) is 4.79 Å². The summed E-state index contributed by atoms with van der Waals surface area (Å²) in [6, 6.07) is 7.24. The van der Waals surface area contributed by atoms with E-state index in [1.54, 1.807) is 18.3 Å². The van der Waals surface area contributed by atoms with Crippen molar-refractivity contribution in [3.63, 3.8) is 0 Å². The molecule has 3 aromatic rings. The molecule has 2 fully saturated rings. The van der Waals surface area contributed by atoms with Crippen molar-refractivity contribution in [2.75, 3.05) is 36.5 Å². The zero-order valence-corrected chi connectivity index (χ0v) is 18.9. The highest BCUT2D eigenvalue weighted by atomic mass is 35.5. The summed E-state index contributed by atoms with van der Waals surface area (Å²) in [6.07, 6.45) is 5.27. The van der Waals surface area contributed by atoms with Crippen LogP contribution in [0.5, 0.6) is 0 Å². The van der Waals surface area contributed by atoms with Crippen molar-refractivity contribution in [2.45, 2.75) is 13.3 Å². The fourth-order valence-electron chi connectivity index (χ4n) is 4.42. The number of rotatable bonds is 7. The van der Waals surface area contributed by atoms with Crippen molar-refractivity contribution < 1.29 is 9.13 Å². The predicted molar refractivity (Wildman–Crippen MR) is 124 cm³/mol. The Bertz CT molecular complexity index is 1190. The third-order valence-electron chi connectivity index (χ3n) is 6.33. The van der Waals surface area contributed by atoms with E-state index in [-0.39, 0.29) is 5.02 Å². The first-order valence-electron chi connectivity index (χ1n) is 11.0. The summed E-state index contributed by atoms with van der Waals surface area (Å²) in [7, 11) is 0. The van der Waals surface area contributed by atoms with Gasteiger partial charge in [-0.1, -0.05) is 11.6 Å². The minimum Gasteiger partial charge on any atom is -0.382 e. The predicted octanol–water partition coefficient (Wildman–Crippen LogP) is 3.67. The van der Waals surface area contributed by atoms with Crippen LogP contribution in [0, 0.1) is 23.7 Å². The lowest BCUT2D eigenvalue weighted by atomic mass is 10.0. The van der Waals surface area contributed by atoms with Crippen molar-refractivity contribution in [3.8, 4) is 5.69 Å². The lowest BCUT2D eigenvalue weighted by molar-refractivity contribution is 0.0517. The number of anilines is 3. The van der Waals surface area contributed by atoms with Gasteiger partial charge in [-0.05, 0) is 49.4 Å². The third-order valence-corrected chi connectivity index (χ3v) is 6.69. The molecule has 0 unspecified atom stereocenters. The van der Waals surface area contributed by atoms with Gasteiger partial charge in [0.2, 0.25) is 5.95 Å². The van der Waals surface area contributed by atoms with Crippen LogP contribution in [0.2, 0.25) is 5.02 Å². The number of ether oxygens (including phenoxy) is 1. The van der Waals surface area contributed by atoms with Gasteiger partial charge in [0.1, 0.15) is 5.02 Å². The molecular weight excluding hydrogens is 447 g/mol. The molecule has 3 heterocycles. The van der Waals surface area contributed by atoms with Gasteiger partial charge < -0.3 is 15.0 Å². The largest absolute Gasteiger partial charge is 0.382 e. The van der Waals surface area contributed by atoms with E-state index >= 15 is 0 Å². The molecule has 1 aliphatic heterocycles. The van der Waals surface area contributed by atoms with Crippen molar-refractivity contribution in [3.05, 3.63) is 64.2 Å². The molecule has 10 heteroatoms. The van der Waals surface area contributed by atoms with Crippen LogP contribution in [0.25, 0.3) is 5.69 Å². The first-order chi connectivity index (χ1) is 16.0. The third kappa shape index (κ3) is 4.43. The topological polar surface area (TPSA) is 85.2 Å². The van der Waals surface area contributed by atoms with Gasteiger partial charge in [-0.25, -0.2) is 9.97 Å². The quantitative estimate of drug-likeness (QED) is 0.564. The number of halogens is 2. The van der Waals surface area contributed by atoms with Crippen molar-refractivity contribution in [1.82, 2.24) is 19.7 Å². The lowest BCUT2D eigenvalue weighted by Gasteiger charge is -2.23. The van der Waals surface area contributed by atoms with Crippen molar-refractivity contribution >= 4 is 28.8 Å². The van der Waals surface area contributed by atoms with Gasteiger partial charge >= 0.3 is 0 Å². The van der Waals surface area contributed by atoms with Crippen LogP contribution in [0.1, 0.15) is 13.3 Å². The maximum atomic E-state index is 13.1. The molecule has 0 amide bonds. The zero-order valence-electron chi connectivity index (χ0n) is 18.1. The Morgan fingerprint density at radius 1 is 1.21 bits per heavy atom. The van der Waals surface area contributed by atoms with Crippen LogP contribution in [0.15, 0.2) is 47.7 Å². The number of hydrogen-bond donors (Lipinski definition) is 1. The lowest BCUT2D eigenvalue weighted by Crippen LogP contribution is -2.28. The minimum absolute atomic E-state index is 0.106. The van der Waals surface area contributed by atoms with E-state index in [0.717, 1.165) is 25.1 Å². The van der Waals surface area contributed by atoms with Gasteiger partial charge in [-0.2, -0.15) is 14.2 Å². The molecule has 1 saturated heterocycles. The second-order valence-electron chi connectivity index (χ2n) is 8.39. The zero-order chi connectivity index (χ0) is 22.9. The molecule has 33 heavy (non-hydrogen) atoms. The van der Waals surface area contributed by atoms with Crippen LogP contribution >= 0.6 is 11.6 Å². The van der Waals surface area contributed by atoms with Crippen molar-refractivity contribution in [2.24, 2.45) is 17.8 Å². The van der Waals surface area contributed by atoms with Gasteiger partial charge in [0.05, 0.1) is 36.6 Å². The Kier molecular flexibility index (Phi) is 5.99. The number of benzene rings is 1. The standard InChI is InChI=1S/C23H24ClFN6O2/c1-2-30(21-11-27-20(25)10-28-21)16-3-5-17(6-4-16)31-23(32)22(24)19(9-29-31)26-8-15-13-33-12-14-7-18(14)15/h3-6,9-11,14-15,18,26H,2,7-8,12-13H2,1H3/t14-,15-,18-/m0/s1. The molecule has 1 aromatic carbocycles. The van der Waals surface area contributed by atoms with Crippen LogP contribution in [-0.2, 0) is 4.74 Å². The maximum absolute atomic E-state index is 13.1. The average Bonchev–Trinajstić information content (AvgIpc) is 3.63. The summed E-state index contributed by atoms with van der Waals surface area (Å²) in [5, 5.41) is 7.70. The van der Waals surface area contributed by atoms with E-state index in [1.165, 1.54) is 17.3 Å². The summed E-state index contributed by atoms with van der Waals surface area (Å²) in [5.41, 5.74) is 1.55. The Balaban J connectivity index is 1.32. The Hall–Kier alpha value is -3.04. The first kappa shape index (κ1) is 21.8. The molecule has 1 aliphatic carbocycles. The Morgan fingerprint density at radius 2 is 2.03 bits per heavy atom. The molecule has 172 valence electrons. The maximum Gasteiger partial charge on any atom is 0.292 e. The first-order valence-corrected chi connectivity index (χ1v) is 11.4. The van der Waals surface area contributed by atoms with E-state index in [4.69, 9.17) is 16.3 Å². The minimum atomic E-state index is -0.630. The molecule has 0 radical (unpaired) electrons. The summed E-state index contributed by atoms with van der Waals surface area (Å²) in [6.45, 7) is 4.88. The van der Waals surface area contributed by atoms with Crippen LogP contribution in [-0.4, -0.2) is 46.1 Å². The monoisotopic (exact) mass is 470 g/mol. The highest BCUT2D eigenvalue weighted by molar-refractivity contribution is 6.32. The Morgan fingerprint density at radius 3 is 2.76 bits per heavy atom. The molecule has 8 nitrogen and oxygen atoms in total. The van der Waals surface area contributed by atoms with Gasteiger partial charge in [0.15, 0.2) is 5.82 Å². The van der Waals surface area contributed by atoms with E-state index < -0.39 is 11.5 Å². The number of nitrogens with zero attached hydrogens (tertiary/aromatic N) is 5. The van der Waals surface area contributed by atoms with Gasteiger partial charge in [0, 0.05) is 31.3 Å². The summed E-state index contributed by atoms with van der Waals surface area (Å²) < 4.78 is 20.0. The number of hydrogen-bond acceptors (Lipinski definition) is 7. The summed E-state index contributed by atoms with van der Waals surface area (Å²) in [4.78, 5) is 22.5. The normalized spacial score (nSPS) is 21.4. The highest BCUT2D eigenvalue weighted by Gasteiger charge is 2.45. The smallest absolute Gasteiger partial charge is 0.292 e. The van der Waals surface area contributed by atoms with Crippen LogP contribution < -0.4 is 15.8 Å². The van der Waals surface area contributed by atoms with E-state index in [1.807, 2.05) is 24.0 Å². The second-order valence-corrected chi connectivity index (χ2v) is 8.76. The summed E-state index contributed by atoms with van der Waals surface area (Å²) in [5.74, 6) is 1.73. The fourth-order valence-corrected chi connectivity index (χ4v) is 4.62. The summed E-state index contributed by atoms with van der Waals surface area (Å²) >= 11 is 6.39. The SMILES string of the molecule is CCN(c1ccc(-n2ncc(NC[C@H]3COC[C@@H]4C[C@@H]43)c(Cl)c2=O)cc1)c1cnc(F)cn1. The molecule has 1 saturated carbocycles. The molecular formula is C23H24ClFN6O2. The van der Waals surface area contributed by atoms with Crippen molar-refractivity contribution in [1.29, 1.82) is 0 Å². The van der Waals surface area contributed by atoms with E-state index in [0.29, 0.717) is 48.0 Å². The average molecular weight is 471 g/mol. The molecule has 0 spiro atoms. The number of aromatic nitrogens is 4. The number of fused-ring (bicyclic) bond motifs is 1.